The van der Waals surface area contributed by atoms with Crippen LogP contribution in [-0.2, 0) is 4.74 Å². The summed E-state index contributed by atoms with van der Waals surface area (Å²) in [5.74, 6) is 0.631. The first kappa shape index (κ1) is 20.4. The highest BCUT2D eigenvalue weighted by Gasteiger charge is 2.46. The molecule has 3 unspecified atom stereocenters. The summed E-state index contributed by atoms with van der Waals surface area (Å²) in [6, 6.07) is 29.3. The van der Waals surface area contributed by atoms with Crippen molar-refractivity contribution >= 4 is 0 Å². The molecule has 2 saturated heterocycles. The van der Waals surface area contributed by atoms with Crippen molar-refractivity contribution in [1.82, 2.24) is 4.90 Å². The van der Waals surface area contributed by atoms with E-state index < -0.39 is 0 Å². The fraction of sp³-hybridized carbons (Fsp3) is 0.357. The maximum atomic E-state index is 13.6. The van der Waals surface area contributed by atoms with Gasteiger partial charge in [0, 0.05) is 18.0 Å². The zero-order valence-corrected chi connectivity index (χ0v) is 18.0. The summed E-state index contributed by atoms with van der Waals surface area (Å²) in [5.41, 5.74) is 3.61. The molecule has 0 radical (unpaired) electrons. The molecule has 0 aliphatic carbocycles. The lowest BCUT2D eigenvalue weighted by molar-refractivity contribution is -0.00336. The first-order valence-corrected chi connectivity index (χ1v) is 11.4. The number of ether oxygens (including phenoxy) is 1. The largest absolute Gasteiger partial charge is 0.368 e. The van der Waals surface area contributed by atoms with Crippen LogP contribution in [-0.4, -0.2) is 30.6 Å². The first-order valence-electron chi connectivity index (χ1n) is 11.4. The lowest BCUT2D eigenvalue weighted by Crippen LogP contribution is -2.47. The van der Waals surface area contributed by atoms with Gasteiger partial charge in [-0.3, -0.25) is 0 Å². The van der Waals surface area contributed by atoms with Crippen LogP contribution in [0.4, 0.5) is 4.39 Å². The van der Waals surface area contributed by atoms with Gasteiger partial charge in [0.25, 0.3) is 0 Å². The van der Waals surface area contributed by atoms with Crippen molar-refractivity contribution < 1.29 is 9.13 Å². The highest BCUT2D eigenvalue weighted by Crippen LogP contribution is 2.46. The van der Waals surface area contributed by atoms with Crippen molar-refractivity contribution in [3.63, 3.8) is 0 Å². The predicted molar refractivity (Wildman–Crippen MR) is 123 cm³/mol. The van der Waals surface area contributed by atoms with Crippen molar-refractivity contribution in [3.8, 4) is 0 Å². The SMILES string of the molecule is CN1C2CCC1[C@@H](COC(c1ccccc1)c1ccccc1)C(c1ccc(F)cc1)C2. The van der Waals surface area contributed by atoms with Crippen molar-refractivity contribution in [2.75, 3.05) is 13.7 Å². The van der Waals surface area contributed by atoms with Crippen LogP contribution in [0.1, 0.15) is 48.0 Å². The molecule has 3 aromatic carbocycles. The molecule has 2 fully saturated rings. The van der Waals surface area contributed by atoms with Gasteiger partial charge >= 0.3 is 0 Å². The molecule has 0 N–H and O–H groups in total. The molecule has 0 amide bonds. The standard InChI is InChI=1S/C28H30FNO/c1-30-24-16-17-27(30)26(25(18-24)20-12-14-23(29)15-13-20)19-31-28(21-8-4-2-5-9-21)22-10-6-3-7-11-22/h2-15,24-28H,16-19H2,1H3/t24?,25?,26-,27?/m0/s1. The second-order valence-corrected chi connectivity index (χ2v) is 9.06. The van der Waals surface area contributed by atoms with E-state index in [-0.39, 0.29) is 11.9 Å². The second-order valence-electron chi connectivity index (χ2n) is 9.06. The van der Waals surface area contributed by atoms with Gasteiger partial charge in [-0.25, -0.2) is 4.39 Å². The summed E-state index contributed by atoms with van der Waals surface area (Å²) in [5, 5.41) is 0. The Labute approximate surface area is 184 Å². The van der Waals surface area contributed by atoms with Crippen LogP contribution in [0.3, 0.4) is 0 Å². The first-order chi connectivity index (χ1) is 15.2. The van der Waals surface area contributed by atoms with E-state index in [1.54, 1.807) is 12.1 Å². The third-order valence-electron chi connectivity index (χ3n) is 7.39. The molecular weight excluding hydrogens is 385 g/mol. The summed E-state index contributed by atoms with van der Waals surface area (Å²) in [6.07, 6.45) is 3.50. The third-order valence-corrected chi connectivity index (χ3v) is 7.39. The average Bonchev–Trinajstić information content (AvgIpc) is 3.05. The van der Waals surface area contributed by atoms with Gasteiger partial charge in [0.1, 0.15) is 11.9 Å². The monoisotopic (exact) mass is 415 g/mol. The van der Waals surface area contributed by atoms with E-state index in [0.29, 0.717) is 30.5 Å². The zero-order chi connectivity index (χ0) is 21.2. The smallest absolute Gasteiger partial charge is 0.123 e. The van der Waals surface area contributed by atoms with Crippen LogP contribution >= 0.6 is 0 Å². The Hall–Kier alpha value is -2.49. The molecule has 0 aromatic heterocycles. The highest BCUT2D eigenvalue weighted by molar-refractivity contribution is 5.30. The number of nitrogens with zero attached hydrogens (tertiary/aromatic N) is 1. The molecule has 3 heteroatoms. The molecule has 4 atom stereocenters. The Morgan fingerprint density at radius 2 is 1.48 bits per heavy atom. The van der Waals surface area contributed by atoms with Gasteiger partial charge in [0.05, 0.1) is 6.61 Å². The summed E-state index contributed by atoms with van der Waals surface area (Å²) < 4.78 is 20.3. The Balaban J connectivity index is 1.43. The van der Waals surface area contributed by atoms with Gasteiger partial charge in [-0.1, -0.05) is 72.8 Å². The van der Waals surface area contributed by atoms with E-state index in [0.717, 1.165) is 6.42 Å². The molecular formula is C28H30FNO. The van der Waals surface area contributed by atoms with Crippen molar-refractivity contribution in [2.45, 2.75) is 43.4 Å². The molecule has 2 aliphatic heterocycles. The highest BCUT2D eigenvalue weighted by atomic mass is 19.1. The molecule has 2 nitrogen and oxygen atoms in total. The van der Waals surface area contributed by atoms with Crippen LogP contribution in [0.25, 0.3) is 0 Å². The van der Waals surface area contributed by atoms with Crippen molar-refractivity contribution in [3.05, 3.63) is 107 Å². The maximum absolute atomic E-state index is 13.6. The number of rotatable bonds is 6. The normalized spacial score (nSPS) is 25.8. The Bertz CT molecular complexity index is 935. The van der Waals surface area contributed by atoms with Gasteiger partial charge in [0.15, 0.2) is 0 Å². The molecule has 5 rings (SSSR count). The molecule has 2 heterocycles. The number of fused-ring (bicyclic) bond motifs is 2. The van der Waals surface area contributed by atoms with E-state index in [1.807, 2.05) is 24.3 Å². The van der Waals surface area contributed by atoms with E-state index in [1.165, 1.54) is 29.5 Å². The second kappa shape index (κ2) is 8.94. The molecule has 0 saturated carbocycles. The lowest BCUT2D eigenvalue weighted by Gasteiger charge is -2.43. The summed E-state index contributed by atoms with van der Waals surface area (Å²) >= 11 is 0. The van der Waals surface area contributed by atoms with Crippen LogP contribution in [0.15, 0.2) is 84.9 Å². The average molecular weight is 416 g/mol. The fourth-order valence-corrected chi connectivity index (χ4v) is 5.75. The number of halogens is 1. The third kappa shape index (κ3) is 4.17. The van der Waals surface area contributed by atoms with E-state index in [9.17, 15) is 4.39 Å². The van der Waals surface area contributed by atoms with Crippen LogP contribution in [0.5, 0.6) is 0 Å². The van der Waals surface area contributed by atoms with E-state index in [4.69, 9.17) is 4.74 Å². The Morgan fingerprint density at radius 3 is 2.10 bits per heavy atom. The van der Waals surface area contributed by atoms with E-state index >= 15 is 0 Å². The van der Waals surface area contributed by atoms with Crippen LogP contribution in [0.2, 0.25) is 0 Å². The zero-order valence-electron chi connectivity index (χ0n) is 18.0. The Kier molecular flexibility index (Phi) is 5.89. The van der Waals surface area contributed by atoms with Gasteiger partial charge in [-0.15, -0.1) is 0 Å². The number of piperidine rings is 1. The Morgan fingerprint density at radius 1 is 0.871 bits per heavy atom. The minimum absolute atomic E-state index is 0.0827. The number of hydrogen-bond acceptors (Lipinski definition) is 2. The van der Waals surface area contributed by atoms with Crippen LogP contribution < -0.4 is 0 Å². The van der Waals surface area contributed by atoms with Gasteiger partial charge in [-0.2, -0.15) is 0 Å². The molecule has 0 spiro atoms. The fourth-order valence-electron chi connectivity index (χ4n) is 5.75. The summed E-state index contributed by atoms with van der Waals surface area (Å²) in [7, 11) is 2.27. The molecule has 160 valence electrons. The lowest BCUT2D eigenvalue weighted by atomic mass is 9.76. The van der Waals surface area contributed by atoms with Crippen molar-refractivity contribution in [2.24, 2.45) is 5.92 Å². The minimum Gasteiger partial charge on any atom is -0.368 e. The van der Waals surface area contributed by atoms with Crippen LogP contribution in [0, 0.1) is 11.7 Å². The quantitative estimate of drug-likeness (QED) is 0.475. The number of hydrogen-bond donors (Lipinski definition) is 0. The topological polar surface area (TPSA) is 12.5 Å². The van der Waals surface area contributed by atoms with E-state index in [2.05, 4.69) is 60.5 Å². The predicted octanol–water partition coefficient (Wildman–Crippen LogP) is 6.20. The summed E-state index contributed by atoms with van der Waals surface area (Å²) in [4.78, 5) is 2.56. The van der Waals surface area contributed by atoms with Gasteiger partial charge < -0.3 is 9.64 Å². The van der Waals surface area contributed by atoms with Gasteiger partial charge in [0.2, 0.25) is 0 Å². The minimum atomic E-state index is -0.166. The number of benzene rings is 3. The van der Waals surface area contributed by atoms with Gasteiger partial charge in [-0.05, 0) is 61.1 Å². The molecule has 2 bridgehead atoms. The maximum Gasteiger partial charge on any atom is 0.123 e. The van der Waals surface area contributed by atoms with Crippen molar-refractivity contribution in [1.29, 1.82) is 0 Å². The molecule has 3 aromatic rings. The molecule has 2 aliphatic rings. The molecule has 31 heavy (non-hydrogen) atoms. The summed E-state index contributed by atoms with van der Waals surface area (Å²) in [6.45, 7) is 0.693.